The van der Waals surface area contributed by atoms with Crippen LogP contribution in [-0.2, 0) is 11.3 Å². The number of ether oxygens (including phenoxy) is 1. The third-order valence-electron chi connectivity index (χ3n) is 2.62. The summed E-state index contributed by atoms with van der Waals surface area (Å²) in [6.45, 7) is 1.30. The smallest absolute Gasteiger partial charge is 0.153 e. The monoisotopic (exact) mass is 235 g/mol. The van der Waals surface area contributed by atoms with Crippen molar-refractivity contribution in [1.82, 2.24) is 4.57 Å². The number of aromatic nitrogens is 1. The van der Waals surface area contributed by atoms with Crippen LogP contribution in [0.4, 0.5) is 0 Å². The van der Waals surface area contributed by atoms with Gasteiger partial charge in [0.1, 0.15) is 0 Å². The number of para-hydroxylation sites is 1. The molecular weight excluding hydrogens is 222 g/mol. The molecular formula is C12H13NO2S. The van der Waals surface area contributed by atoms with Gasteiger partial charge in [0.2, 0.25) is 0 Å². The first-order chi connectivity index (χ1) is 7.79. The lowest BCUT2D eigenvalue weighted by molar-refractivity contribution is 0.112. The maximum atomic E-state index is 11.0. The van der Waals surface area contributed by atoms with E-state index in [2.05, 4.69) is 12.6 Å². The number of nitrogens with zero attached hydrogens (tertiary/aromatic N) is 1. The van der Waals surface area contributed by atoms with Gasteiger partial charge in [0.15, 0.2) is 6.29 Å². The maximum absolute atomic E-state index is 11.0. The second-order valence-electron chi connectivity index (χ2n) is 3.52. The molecule has 3 nitrogen and oxygen atoms in total. The number of fused-ring (bicyclic) bond motifs is 1. The van der Waals surface area contributed by atoms with Crippen molar-refractivity contribution >= 4 is 29.8 Å². The fraction of sp³-hybridized carbons (Fsp3) is 0.250. The summed E-state index contributed by atoms with van der Waals surface area (Å²) in [6, 6.07) is 7.79. The summed E-state index contributed by atoms with van der Waals surface area (Å²) in [6.07, 6.45) is 0.855. The predicted octanol–water partition coefficient (Wildman–Crippen LogP) is 2.39. The second-order valence-corrected chi connectivity index (χ2v) is 3.94. The Kier molecular flexibility index (Phi) is 3.31. The number of hydrogen-bond acceptors (Lipinski definition) is 3. The van der Waals surface area contributed by atoms with Gasteiger partial charge in [-0.15, -0.1) is 12.6 Å². The van der Waals surface area contributed by atoms with Crippen molar-refractivity contribution in [2.45, 2.75) is 11.6 Å². The molecule has 4 heteroatoms. The third-order valence-corrected chi connectivity index (χ3v) is 3.10. The Labute approximate surface area is 99.4 Å². The van der Waals surface area contributed by atoms with E-state index in [1.165, 1.54) is 0 Å². The number of thiol groups is 1. The normalized spacial score (nSPS) is 10.9. The zero-order valence-electron chi connectivity index (χ0n) is 9.01. The van der Waals surface area contributed by atoms with Crippen LogP contribution in [0.3, 0.4) is 0 Å². The summed E-state index contributed by atoms with van der Waals surface area (Å²) in [4.78, 5) is 11.0. The molecule has 0 spiro atoms. The molecule has 0 aliphatic heterocycles. The van der Waals surface area contributed by atoms with Gasteiger partial charge in [0.05, 0.1) is 17.2 Å². The molecule has 16 heavy (non-hydrogen) atoms. The van der Waals surface area contributed by atoms with Crippen LogP contribution >= 0.6 is 12.6 Å². The fourth-order valence-corrected chi connectivity index (χ4v) is 2.22. The largest absolute Gasteiger partial charge is 0.383 e. The third kappa shape index (κ3) is 1.74. The maximum Gasteiger partial charge on any atom is 0.153 e. The van der Waals surface area contributed by atoms with Crippen LogP contribution in [0.25, 0.3) is 10.9 Å². The highest BCUT2D eigenvalue weighted by Gasteiger charge is 2.12. The molecule has 0 saturated carbocycles. The van der Waals surface area contributed by atoms with Crippen molar-refractivity contribution in [2.75, 3.05) is 13.7 Å². The number of carbonyl (C=O) groups is 1. The second kappa shape index (κ2) is 4.72. The van der Waals surface area contributed by atoms with Gasteiger partial charge in [-0.05, 0) is 6.07 Å². The molecule has 0 aliphatic carbocycles. The summed E-state index contributed by atoms with van der Waals surface area (Å²) in [5.74, 6) is 0. The quantitative estimate of drug-likeness (QED) is 0.651. The van der Waals surface area contributed by atoms with Crippen LogP contribution < -0.4 is 0 Å². The lowest BCUT2D eigenvalue weighted by Gasteiger charge is -2.06. The van der Waals surface area contributed by atoms with Gasteiger partial charge in [-0.1, -0.05) is 18.2 Å². The van der Waals surface area contributed by atoms with Crippen molar-refractivity contribution in [2.24, 2.45) is 0 Å². The zero-order valence-corrected chi connectivity index (χ0v) is 9.91. The van der Waals surface area contributed by atoms with Gasteiger partial charge < -0.3 is 9.30 Å². The van der Waals surface area contributed by atoms with E-state index < -0.39 is 0 Å². The summed E-state index contributed by atoms with van der Waals surface area (Å²) in [5.41, 5.74) is 1.67. The standard InChI is InChI=1S/C12H13NO2S/c1-15-7-6-13-11-5-3-2-4-9(11)10(8-14)12(13)16/h2-5,8,16H,6-7H2,1H3. The SMILES string of the molecule is COCCn1c(S)c(C=O)c2ccccc21. The summed E-state index contributed by atoms with van der Waals surface area (Å²) in [5, 5.41) is 1.65. The Morgan fingerprint density at radius 2 is 2.19 bits per heavy atom. The Balaban J connectivity index is 2.62. The minimum absolute atomic E-state index is 0.602. The molecule has 0 saturated heterocycles. The van der Waals surface area contributed by atoms with Crippen LogP contribution in [-0.4, -0.2) is 24.6 Å². The molecule has 0 unspecified atom stereocenters. The van der Waals surface area contributed by atoms with Gasteiger partial charge in [0.25, 0.3) is 0 Å². The summed E-state index contributed by atoms with van der Waals surface area (Å²) >= 11 is 4.40. The van der Waals surface area contributed by atoms with E-state index in [9.17, 15) is 4.79 Å². The van der Waals surface area contributed by atoms with Crippen LogP contribution in [0.15, 0.2) is 29.3 Å². The van der Waals surface area contributed by atoms with Crippen molar-refractivity contribution < 1.29 is 9.53 Å². The number of rotatable bonds is 4. The molecule has 84 valence electrons. The molecule has 0 N–H and O–H groups in total. The zero-order chi connectivity index (χ0) is 11.5. The molecule has 0 radical (unpaired) electrons. The number of carbonyl (C=O) groups excluding carboxylic acids is 1. The summed E-state index contributed by atoms with van der Waals surface area (Å²) in [7, 11) is 1.66. The molecule has 0 aliphatic rings. The van der Waals surface area contributed by atoms with E-state index in [4.69, 9.17) is 4.74 Å². The van der Waals surface area contributed by atoms with E-state index >= 15 is 0 Å². The average molecular weight is 235 g/mol. The summed E-state index contributed by atoms with van der Waals surface area (Å²) < 4.78 is 7.04. The van der Waals surface area contributed by atoms with Crippen LogP contribution in [0.2, 0.25) is 0 Å². The molecule has 2 rings (SSSR count). The number of aldehydes is 1. The first-order valence-corrected chi connectivity index (χ1v) is 5.48. The molecule has 2 aromatic rings. The average Bonchev–Trinajstić information content (AvgIpc) is 2.58. The predicted molar refractivity (Wildman–Crippen MR) is 66.5 cm³/mol. The van der Waals surface area contributed by atoms with Gasteiger partial charge in [-0.25, -0.2) is 0 Å². The Morgan fingerprint density at radius 3 is 2.88 bits per heavy atom. The van der Waals surface area contributed by atoms with E-state index in [1.54, 1.807) is 7.11 Å². The van der Waals surface area contributed by atoms with Crippen molar-refractivity contribution in [3.63, 3.8) is 0 Å². The van der Waals surface area contributed by atoms with Gasteiger partial charge in [0, 0.05) is 24.6 Å². The molecule has 0 amide bonds. The minimum Gasteiger partial charge on any atom is -0.383 e. The Hall–Kier alpha value is -1.26. The van der Waals surface area contributed by atoms with E-state index in [0.29, 0.717) is 23.7 Å². The Morgan fingerprint density at radius 1 is 1.44 bits per heavy atom. The Bertz CT molecular complexity index is 519. The van der Waals surface area contributed by atoms with Crippen LogP contribution in [0, 0.1) is 0 Å². The van der Waals surface area contributed by atoms with E-state index in [-0.39, 0.29) is 0 Å². The molecule has 0 bridgehead atoms. The highest BCUT2D eigenvalue weighted by atomic mass is 32.1. The van der Waals surface area contributed by atoms with Crippen LogP contribution in [0.1, 0.15) is 10.4 Å². The lowest BCUT2D eigenvalue weighted by Crippen LogP contribution is -2.04. The topological polar surface area (TPSA) is 31.2 Å². The number of benzene rings is 1. The van der Waals surface area contributed by atoms with Gasteiger partial charge >= 0.3 is 0 Å². The molecule has 0 fully saturated rings. The fourth-order valence-electron chi connectivity index (χ4n) is 1.84. The molecule has 1 aromatic heterocycles. The molecule has 0 atom stereocenters. The number of hydrogen-bond donors (Lipinski definition) is 1. The lowest BCUT2D eigenvalue weighted by atomic mass is 10.2. The first kappa shape index (κ1) is 11.2. The van der Waals surface area contributed by atoms with E-state index in [1.807, 2.05) is 28.8 Å². The molecule has 1 aromatic carbocycles. The van der Waals surface area contributed by atoms with Gasteiger partial charge in [-0.2, -0.15) is 0 Å². The van der Waals surface area contributed by atoms with Gasteiger partial charge in [-0.3, -0.25) is 4.79 Å². The van der Waals surface area contributed by atoms with E-state index in [0.717, 1.165) is 17.2 Å². The molecule has 1 heterocycles. The highest BCUT2D eigenvalue weighted by molar-refractivity contribution is 7.80. The number of methoxy groups -OCH3 is 1. The van der Waals surface area contributed by atoms with Crippen molar-refractivity contribution in [3.05, 3.63) is 29.8 Å². The van der Waals surface area contributed by atoms with Crippen LogP contribution in [0.5, 0.6) is 0 Å². The van der Waals surface area contributed by atoms with Crippen molar-refractivity contribution in [1.29, 1.82) is 0 Å². The van der Waals surface area contributed by atoms with Crippen molar-refractivity contribution in [3.8, 4) is 0 Å². The minimum atomic E-state index is 0.602. The highest BCUT2D eigenvalue weighted by Crippen LogP contribution is 2.27. The first-order valence-electron chi connectivity index (χ1n) is 5.04.